The van der Waals surface area contributed by atoms with Gasteiger partial charge in [0.1, 0.15) is 18.2 Å². The number of amidine groups is 1. The summed E-state index contributed by atoms with van der Waals surface area (Å²) in [7, 11) is 0. The molecule has 58 heavy (non-hydrogen) atoms. The van der Waals surface area contributed by atoms with Gasteiger partial charge in [0.15, 0.2) is 0 Å². The van der Waals surface area contributed by atoms with E-state index in [1.807, 2.05) is 12.1 Å². The van der Waals surface area contributed by atoms with Crippen molar-refractivity contribution < 1.29 is 0 Å². The van der Waals surface area contributed by atoms with Gasteiger partial charge < -0.3 is 14.8 Å². The van der Waals surface area contributed by atoms with Crippen LogP contribution in [0.3, 0.4) is 0 Å². The average Bonchev–Trinajstić information content (AvgIpc) is 3.53. The number of para-hydroxylation sites is 3. The van der Waals surface area contributed by atoms with Gasteiger partial charge in [0, 0.05) is 27.7 Å². The maximum absolute atomic E-state index is 5.14. The molecule has 1 aromatic heterocycles. The second-order valence-corrected chi connectivity index (χ2v) is 14.9. The van der Waals surface area contributed by atoms with E-state index in [1.54, 1.807) is 0 Å². The summed E-state index contributed by atoms with van der Waals surface area (Å²) in [5, 5.41) is 10.0. The fourth-order valence-corrected chi connectivity index (χ4v) is 8.62. The molecule has 9 aromatic rings. The molecule has 11 rings (SSSR count). The van der Waals surface area contributed by atoms with Gasteiger partial charge in [0.25, 0.3) is 0 Å². The third kappa shape index (κ3) is 5.97. The van der Waals surface area contributed by atoms with Gasteiger partial charge in [-0.25, -0.2) is 4.99 Å². The highest BCUT2D eigenvalue weighted by Crippen LogP contribution is 2.44. The molecule has 0 fully saturated rings. The Hall–Kier alpha value is -7.47. The Labute approximate surface area is 337 Å². The first-order valence-electron chi connectivity index (χ1n) is 19.9. The predicted molar refractivity (Wildman–Crippen MR) is 241 cm³/mol. The van der Waals surface area contributed by atoms with E-state index in [0.717, 1.165) is 56.4 Å². The van der Waals surface area contributed by atoms with Crippen molar-refractivity contribution in [1.29, 1.82) is 0 Å². The molecule has 3 heterocycles. The van der Waals surface area contributed by atoms with Gasteiger partial charge in [0.05, 0.1) is 22.4 Å². The van der Waals surface area contributed by atoms with Gasteiger partial charge in [-0.05, 0) is 94.0 Å². The summed E-state index contributed by atoms with van der Waals surface area (Å²) in [6.45, 7) is 0. The summed E-state index contributed by atoms with van der Waals surface area (Å²) < 4.78 is 2.37. The molecule has 0 amide bonds. The molecular weight excluding hydrogens is 707 g/mol. The Bertz CT molecular complexity index is 3020. The number of anilines is 3. The summed E-state index contributed by atoms with van der Waals surface area (Å²) >= 11 is 0. The molecule has 5 heteroatoms. The molecule has 2 atom stereocenters. The van der Waals surface area contributed by atoms with E-state index in [4.69, 9.17) is 4.99 Å². The first-order chi connectivity index (χ1) is 28.7. The van der Waals surface area contributed by atoms with Crippen molar-refractivity contribution in [3.05, 3.63) is 228 Å². The molecular formula is C53H39N5. The lowest BCUT2D eigenvalue weighted by molar-refractivity contribution is 0.409. The number of aromatic nitrogens is 1. The van der Waals surface area contributed by atoms with E-state index in [1.165, 1.54) is 32.9 Å². The van der Waals surface area contributed by atoms with Crippen LogP contribution in [0, 0.1) is 0 Å². The van der Waals surface area contributed by atoms with E-state index in [-0.39, 0.29) is 12.3 Å². The first-order valence-corrected chi connectivity index (χ1v) is 19.9. The van der Waals surface area contributed by atoms with Crippen molar-refractivity contribution in [3.8, 4) is 16.8 Å². The SMILES string of the molecule is C1=Cc2cc(-c3ccc4c(c3)c3ccccc3n4-c3ccccc3)ccc2N(c2cccc(C3NC(c4ccccc4)=NC(c4ccccc4)N3)c2)c2ccccc21. The standard InChI is InChI=1S/C53H39N5/c1-4-16-37(17-5-1)51-54-52(38-18-6-2-7-19-38)56-53(55-51)42-20-14-23-44(34-42)58-47-25-12-10-15-36(47)27-28-41-33-39(29-31-48(41)58)40-30-32-50-46(35-40)45-24-11-13-26-49(45)57(50)43-21-8-3-9-22-43/h1-35,51,53,55H,(H,54,56). The Morgan fingerprint density at radius 3 is 1.93 bits per heavy atom. The van der Waals surface area contributed by atoms with Crippen LogP contribution in [0.5, 0.6) is 0 Å². The molecule has 0 bridgehead atoms. The molecule has 2 aliphatic rings. The van der Waals surface area contributed by atoms with Gasteiger partial charge in [0.2, 0.25) is 0 Å². The van der Waals surface area contributed by atoms with E-state index in [9.17, 15) is 0 Å². The number of benzene rings is 8. The van der Waals surface area contributed by atoms with Crippen molar-refractivity contribution in [1.82, 2.24) is 15.2 Å². The van der Waals surface area contributed by atoms with Crippen LogP contribution in [0.25, 0.3) is 50.8 Å². The molecule has 2 unspecified atom stereocenters. The van der Waals surface area contributed by atoms with Crippen LogP contribution in [-0.4, -0.2) is 10.4 Å². The Morgan fingerprint density at radius 1 is 0.431 bits per heavy atom. The summed E-state index contributed by atoms with van der Waals surface area (Å²) in [6, 6.07) is 71.5. The van der Waals surface area contributed by atoms with Crippen LogP contribution in [0.4, 0.5) is 17.1 Å². The van der Waals surface area contributed by atoms with E-state index >= 15 is 0 Å². The number of nitrogens with zero attached hydrogens (tertiary/aromatic N) is 3. The Balaban J connectivity index is 0.992. The van der Waals surface area contributed by atoms with Crippen molar-refractivity contribution in [2.75, 3.05) is 4.90 Å². The highest BCUT2D eigenvalue weighted by Gasteiger charge is 2.27. The number of fused-ring (bicyclic) bond motifs is 5. The first kappa shape index (κ1) is 33.8. The van der Waals surface area contributed by atoms with Crippen molar-refractivity contribution in [2.45, 2.75) is 12.3 Å². The van der Waals surface area contributed by atoms with Gasteiger partial charge in [-0.2, -0.15) is 0 Å². The highest BCUT2D eigenvalue weighted by molar-refractivity contribution is 6.10. The van der Waals surface area contributed by atoms with E-state index < -0.39 is 0 Å². The number of aliphatic imine (C=N–C) groups is 1. The van der Waals surface area contributed by atoms with Gasteiger partial charge in [-0.15, -0.1) is 0 Å². The zero-order valence-electron chi connectivity index (χ0n) is 31.7. The van der Waals surface area contributed by atoms with Gasteiger partial charge in [-0.3, -0.25) is 5.32 Å². The van der Waals surface area contributed by atoms with E-state index in [0.29, 0.717) is 0 Å². The monoisotopic (exact) mass is 745 g/mol. The van der Waals surface area contributed by atoms with E-state index in [2.05, 4.69) is 220 Å². The van der Waals surface area contributed by atoms with Crippen molar-refractivity contribution >= 4 is 56.9 Å². The van der Waals surface area contributed by atoms with Gasteiger partial charge in [-0.1, -0.05) is 152 Å². The summed E-state index contributed by atoms with van der Waals surface area (Å²) in [4.78, 5) is 7.54. The lowest BCUT2D eigenvalue weighted by Crippen LogP contribution is -2.45. The molecule has 0 saturated carbocycles. The molecule has 0 spiro atoms. The maximum atomic E-state index is 5.14. The topological polar surface area (TPSA) is 44.6 Å². The number of rotatable bonds is 6. The molecule has 0 radical (unpaired) electrons. The molecule has 0 saturated heterocycles. The second-order valence-electron chi connectivity index (χ2n) is 14.9. The highest BCUT2D eigenvalue weighted by atomic mass is 15.3. The molecule has 5 nitrogen and oxygen atoms in total. The third-order valence-electron chi connectivity index (χ3n) is 11.4. The Kier molecular flexibility index (Phi) is 8.30. The number of hydrogen-bond acceptors (Lipinski definition) is 4. The van der Waals surface area contributed by atoms with Crippen LogP contribution >= 0.6 is 0 Å². The molecule has 2 aliphatic heterocycles. The minimum Gasteiger partial charge on any atom is -0.350 e. The van der Waals surface area contributed by atoms with Crippen LogP contribution in [0.1, 0.15) is 40.1 Å². The van der Waals surface area contributed by atoms with Crippen molar-refractivity contribution in [2.24, 2.45) is 4.99 Å². The normalized spacial score (nSPS) is 16.0. The molecule has 276 valence electrons. The fraction of sp³-hybridized carbons (Fsp3) is 0.0377. The second kappa shape index (κ2) is 14.2. The minimum absolute atomic E-state index is 0.178. The average molecular weight is 746 g/mol. The quantitative estimate of drug-likeness (QED) is 0.178. The van der Waals surface area contributed by atoms with Crippen molar-refractivity contribution in [3.63, 3.8) is 0 Å². The lowest BCUT2D eigenvalue weighted by Gasteiger charge is -2.33. The number of nitrogens with one attached hydrogen (secondary N) is 2. The molecule has 0 aliphatic carbocycles. The summed E-state index contributed by atoms with van der Waals surface area (Å²) in [5.74, 6) is 0.869. The fourth-order valence-electron chi connectivity index (χ4n) is 8.62. The smallest absolute Gasteiger partial charge is 0.131 e. The summed E-state index contributed by atoms with van der Waals surface area (Å²) in [6.07, 6.45) is 4.12. The minimum atomic E-state index is -0.206. The molecule has 2 N–H and O–H groups in total. The zero-order valence-corrected chi connectivity index (χ0v) is 31.7. The Morgan fingerprint density at radius 2 is 1.07 bits per heavy atom. The van der Waals surface area contributed by atoms with Gasteiger partial charge >= 0.3 is 0 Å². The largest absolute Gasteiger partial charge is 0.350 e. The predicted octanol–water partition coefficient (Wildman–Crippen LogP) is 12.7. The van der Waals surface area contributed by atoms with Crippen LogP contribution in [-0.2, 0) is 0 Å². The van der Waals surface area contributed by atoms with Crippen LogP contribution in [0.2, 0.25) is 0 Å². The summed E-state index contributed by atoms with van der Waals surface area (Å²) in [5.41, 5.74) is 14.9. The van der Waals surface area contributed by atoms with Crippen LogP contribution < -0.4 is 15.5 Å². The third-order valence-corrected chi connectivity index (χ3v) is 11.4. The molecule has 8 aromatic carbocycles. The number of hydrogen-bond donors (Lipinski definition) is 2. The maximum Gasteiger partial charge on any atom is 0.131 e. The van der Waals surface area contributed by atoms with Crippen LogP contribution in [0.15, 0.2) is 205 Å². The zero-order chi connectivity index (χ0) is 38.4. The lowest BCUT2D eigenvalue weighted by atomic mass is 9.99.